The molecule has 10 aromatic rings. The Morgan fingerprint density at radius 2 is 1.17 bits per heavy atom. The quantitative estimate of drug-likeness (QED) is 0.172. The van der Waals surface area contributed by atoms with E-state index < -0.39 is 0 Å². The first-order valence-electron chi connectivity index (χ1n) is 19.0. The molecule has 0 bridgehead atoms. The van der Waals surface area contributed by atoms with Gasteiger partial charge in [0, 0.05) is 33.0 Å². The lowest BCUT2D eigenvalue weighted by atomic mass is 9.79. The molecule has 3 nitrogen and oxygen atoms in total. The first-order chi connectivity index (χ1) is 26.1. The highest BCUT2D eigenvalue weighted by molar-refractivity contribution is 6.26. The molecule has 11 rings (SSSR count). The van der Waals surface area contributed by atoms with Crippen LogP contribution in [-0.4, -0.2) is 14.5 Å². The molecular formula is C51H39N3. The molecule has 1 aliphatic rings. The van der Waals surface area contributed by atoms with Crippen molar-refractivity contribution >= 4 is 54.1 Å². The Labute approximate surface area is 314 Å². The van der Waals surface area contributed by atoms with Crippen LogP contribution in [0.15, 0.2) is 146 Å². The summed E-state index contributed by atoms with van der Waals surface area (Å²) in [4.78, 5) is 9.63. The van der Waals surface area contributed by atoms with Crippen LogP contribution in [0.5, 0.6) is 0 Å². The summed E-state index contributed by atoms with van der Waals surface area (Å²) in [5.74, 6) is 0. The molecule has 0 spiro atoms. The second-order valence-electron chi connectivity index (χ2n) is 16.7. The number of hydrogen-bond donors (Lipinski definition) is 0. The molecule has 0 fully saturated rings. The van der Waals surface area contributed by atoms with Crippen LogP contribution in [0, 0.1) is 0 Å². The van der Waals surface area contributed by atoms with Gasteiger partial charge in [-0.25, -0.2) is 9.97 Å². The Balaban J connectivity index is 1.03. The van der Waals surface area contributed by atoms with Crippen LogP contribution in [0.25, 0.3) is 93.5 Å². The first-order valence-corrected chi connectivity index (χ1v) is 19.0. The maximum absolute atomic E-state index is 4.83. The van der Waals surface area contributed by atoms with Crippen LogP contribution in [0.1, 0.15) is 51.3 Å². The highest BCUT2D eigenvalue weighted by Gasteiger charge is 2.37. The molecule has 0 N–H and O–H groups in total. The van der Waals surface area contributed by atoms with Gasteiger partial charge in [0.15, 0.2) is 0 Å². The SMILES string of the molecule is CC(C)(C)c1cc2ccc3cc4c(c5ccc(c1)c2c35)-c1ccc(-c2cc(-c3ccc5c(c3)c3ccccc3n5-c3ccccc3)ncn2)cc1C4(C)C. The fourth-order valence-electron chi connectivity index (χ4n) is 9.35. The van der Waals surface area contributed by atoms with Gasteiger partial charge in [0.05, 0.1) is 22.4 Å². The van der Waals surface area contributed by atoms with E-state index in [2.05, 4.69) is 179 Å². The number of rotatable bonds is 3. The van der Waals surface area contributed by atoms with Crippen LogP contribution in [0.2, 0.25) is 0 Å². The Kier molecular flexibility index (Phi) is 6.28. The predicted octanol–water partition coefficient (Wildman–Crippen LogP) is 13.4. The van der Waals surface area contributed by atoms with E-state index in [4.69, 9.17) is 9.97 Å². The standard InChI is InChI=1S/C51H39N3/c1-50(2,3)35-23-32-15-16-34-27-42-49(39-21-18-33(24-35)47(32)48(34)39)38-20-17-31(26-41(38)51(42,4)5)44-28-43(52-29-53-44)30-19-22-46-40(25-30)37-13-9-10-14-45(37)54(46)36-11-7-6-8-12-36/h6-29H,1-5H3. The van der Waals surface area contributed by atoms with Gasteiger partial charge in [0.25, 0.3) is 0 Å². The zero-order chi connectivity index (χ0) is 36.5. The van der Waals surface area contributed by atoms with Crippen molar-refractivity contribution in [3.8, 4) is 39.3 Å². The van der Waals surface area contributed by atoms with Crippen molar-refractivity contribution in [3.05, 3.63) is 163 Å². The molecule has 0 amide bonds. The van der Waals surface area contributed by atoms with E-state index in [1.807, 2.05) is 0 Å². The van der Waals surface area contributed by atoms with Crippen LogP contribution in [0.4, 0.5) is 0 Å². The Bertz CT molecular complexity index is 3140. The van der Waals surface area contributed by atoms with Gasteiger partial charge in [-0.3, -0.25) is 0 Å². The molecule has 0 aliphatic heterocycles. The number of aromatic nitrogens is 3. The van der Waals surface area contributed by atoms with Crippen molar-refractivity contribution in [3.63, 3.8) is 0 Å². The van der Waals surface area contributed by atoms with E-state index in [-0.39, 0.29) is 10.8 Å². The highest BCUT2D eigenvalue weighted by atomic mass is 15.0. The zero-order valence-electron chi connectivity index (χ0n) is 31.2. The minimum absolute atomic E-state index is 0.0919. The first kappa shape index (κ1) is 31.2. The van der Waals surface area contributed by atoms with Gasteiger partial charge in [0.2, 0.25) is 0 Å². The third kappa shape index (κ3) is 4.36. The number of nitrogens with zero attached hydrogens (tertiary/aromatic N) is 3. The topological polar surface area (TPSA) is 30.7 Å². The maximum atomic E-state index is 4.83. The number of benzene rings is 8. The fourth-order valence-corrected chi connectivity index (χ4v) is 9.35. The van der Waals surface area contributed by atoms with Gasteiger partial charge < -0.3 is 4.57 Å². The molecule has 0 saturated heterocycles. The number of para-hydroxylation sites is 2. The zero-order valence-corrected chi connectivity index (χ0v) is 31.2. The third-order valence-corrected chi connectivity index (χ3v) is 12.2. The molecule has 2 heterocycles. The number of fused-ring (bicyclic) bond motifs is 7. The lowest BCUT2D eigenvalue weighted by molar-refractivity contribution is 0.591. The van der Waals surface area contributed by atoms with E-state index in [0.717, 1.165) is 28.2 Å². The van der Waals surface area contributed by atoms with Gasteiger partial charge in [-0.2, -0.15) is 0 Å². The van der Waals surface area contributed by atoms with E-state index in [0.29, 0.717) is 0 Å². The normalized spacial score (nSPS) is 13.8. The summed E-state index contributed by atoms with van der Waals surface area (Å²) in [6.07, 6.45) is 1.71. The Hall–Kier alpha value is -6.32. The smallest absolute Gasteiger partial charge is 0.116 e. The van der Waals surface area contributed by atoms with E-state index in [1.165, 1.54) is 81.9 Å². The van der Waals surface area contributed by atoms with Crippen LogP contribution in [0.3, 0.4) is 0 Å². The molecule has 8 aromatic carbocycles. The van der Waals surface area contributed by atoms with Crippen LogP contribution >= 0.6 is 0 Å². The Morgan fingerprint density at radius 1 is 0.519 bits per heavy atom. The fraction of sp³-hybridized carbons (Fsp3) is 0.137. The average molecular weight is 694 g/mol. The molecule has 2 aromatic heterocycles. The number of hydrogen-bond acceptors (Lipinski definition) is 2. The maximum Gasteiger partial charge on any atom is 0.116 e. The minimum Gasteiger partial charge on any atom is -0.309 e. The Morgan fingerprint density at radius 3 is 1.93 bits per heavy atom. The van der Waals surface area contributed by atoms with Crippen molar-refractivity contribution in [2.45, 2.75) is 45.4 Å². The lowest BCUT2D eigenvalue weighted by Crippen LogP contribution is -2.15. The third-order valence-electron chi connectivity index (χ3n) is 12.2. The highest BCUT2D eigenvalue weighted by Crippen LogP contribution is 2.54. The van der Waals surface area contributed by atoms with Gasteiger partial charge in [-0.05, 0) is 114 Å². The van der Waals surface area contributed by atoms with Crippen LogP contribution in [-0.2, 0) is 10.8 Å². The van der Waals surface area contributed by atoms with Crippen molar-refractivity contribution in [1.29, 1.82) is 0 Å². The van der Waals surface area contributed by atoms with Crippen molar-refractivity contribution in [1.82, 2.24) is 14.5 Å². The summed E-state index contributed by atoms with van der Waals surface area (Å²) >= 11 is 0. The molecule has 3 heteroatoms. The predicted molar refractivity (Wildman–Crippen MR) is 227 cm³/mol. The van der Waals surface area contributed by atoms with E-state index in [1.54, 1.807) is 6.33 Å². The van der Waals surface area contributed by atoms with Crippen LogP contribution < -0.4 is 0 Å². The molecule has 54 heavy (non-hydrogen) atoms. The van der Waals surface area contributed by atoms with Crippen molar-refractivity contribution in [2.24, 2.45) is 0 Å². The second kappa shape index (κ2) is 10.9. The molecule has 0 radical (unpaired) electrons. The monoisotopic (exact) mass is 693 g/mol. The largest absolute Gasteiger partial charge is 0.309 e. The van der Waals surface area contributed by atoms with E-state index >= 15 is 0 Å². The minimum atomic E-state index is -0.168. The lowest BCUT2D eigenvalue weighted by Gasteiger charge is -2.24. The average Bonchev–Trinajstić information content (AvgIpc) is 3.64. The summed E-state index contributed by atoms with van der Waals surface area (Å²) in [5.41, 5.74) is 14.3. The van der Waals surface area contributed by atoms with Gasteiger partial charge in [-0.15, -0.1) is 0 Å². The molecule has 0 saturated carbocycles. The van der Waals surface area contributed by atoms with Gasteiger partial charge in [0.1, 0.15) is 6.33 Å². The molecule has 0 unspecified atom stereocenters. The van der Waals surface area contributed by atoms with Crippen molar-refractivity contribution < 1.29 is 0 Å². The molecule has 1 aliphatic carbocycles. The molecule has 0 atom stereocenters. The summed E-state index contributed by atoms with van der Waals surface area (Å²) < 4.78 is 2.35. The summed E-state index contributed by atoms with van der Waals surface area (Å²) in [7, 11) is 0. The van der Waals surface area contributed by atoms with Gasteiger partial charge in [-0.1, -0.05) is 126 Å². The summed E-state index contributed by atoms with van der Waals surface area (Å²) in [6, 6.07) is 51.7. The summed E-state index contributed by atoms with van der Waals surface area (Å²) in [5, 5.41) is 10.5. The van der Waals surface area contributed by atoms with E-state index in [9.17, 15) is 0 Å². The van der Waals surface area contributed by atoms with Crippen molar-refractivity contribution in [2.75, 3.05) is 0 Å². The van der Waals surface area contributed by atoms with Gasteiger partial charge >= 0.3 is 0 Å². The summed E-state index contributed by atoms with van der Waals surface area (Å²) in [6.45, 7) is 11.7. The molecule has 258 valence electrons. The second-order valence-corrected chi connectivity index (χ2v) is 16.7. The molecular weight excluding hydrogens is 655 g/mol.